The van der Waals surface area contributed by atoms with E-state index in [1.54, 1.807) is 0 Å². The molecule has 1 aromatic heterocycles. The minimum absolute atomic E-state index is 0. The van der Waals surface area contributed by atoms with Gasteiger partial charge in [-0.25, -0.2) is 8.42 Å². The summed E-state index contributed by atoms with van der Waals surface area (Å²) < 4.78 is 28.8. The zero-order valence-corrected chi connectivity index (χ0v) is 14.2. The molecule has 1 heterocycles. The minimum atomic E-state index is -3.06. The molecule has 1 aliphatic rings. The molecule has 0 saturated heterocycles. The maximum absolute atomic E-state index is 11.8. The lowest BCUT2D eigenvalue weighted by Gasteiger charge is -2.17. The number of aryl methyl sites for hydroxylation is 1. The van der Waals surface area contributed by atoms with Crippen molar-refractivity contribution in [1.29, 1.82) is 0 Å². The maximum Gasteiger partial charge on any atom is 0.227 e. The lowest BCUT2D eigenvalue weighted by molar-refractivity contribution is 0.350. The van der Waals surface area contributed by atoms with Crippen molar-refractivity contribution < 1.29 is 12.9 Å². The van der Waals surface area contributed by atoms with E-state index < -0.39 is 15.4 Å². The number of sulfone groups is 1. The first-order chi connectivity index (χ1) is 9.31. The first-order valence-corrected chi connectivity index (χ1v) is 8.95. The third-order valence-corrected chi connectivity index (χ3v) is 5.62. The molecule has 1 aromatic rings. The molecule has 0 bridgehead atoms. The second kappa shape index (κ2) is 7.07. The third kappa shape index (κ3) is 4.93. The van der Waals surface area contributed by atoms with Gasteiger partial charge in [-0.3, -0.25) is 0 Å². The lowest BCUT2D eigenvalue weighted by Crippen LogP contribution is -2.34. The van der Waals surface area contributed by atoms with Crippen LogP contribution in [0.4, 0.5) is 0 Å². The van der Waals surface area contributed by atoms with Gasteiger partial charge in [-0.1, -0.05) is 31.8 Å². The van der Waals surface area contributed by atoms with Gasteiger partial charge in [0.1, 0.15) is 0 Å². The van der Waals surface area contributed by atoms with Crippen LogP contribution in [0.1, 0.15) is 51.2 Å². The van der Waals surface area contributed by atoms with E-state index in [2.05, 4.69) is 10.1 Å². The third-order valence-electron chi connectivity index (χ3n) is 3.62. The molecule has 0 radical (unpaired) electrons. The summed E-state index contributed by atoms with van der Waals surface area (Å²) in [7, 11) is -3.06. The quantitative estimate of drug-likeness (QED) is 0.850. The van der Waals surface area contributed by atoms with Crippen molar-refractivity contribution in [2.24, 2.45) is 11.7 Å². The molecule has 1 saturated carbocycles. The Morgan fingerprint density at radius 3 is 2.52 bits per heavy atom. The smallest absolute Gasteiger partial charge is 0.227 e. The number of aromatic nitrogens is 2. The Morgan fingerprint density at radius 1 is 1.33 bits per heavy atom. The van der Waals surface area contributed by atoms with Crippen LogP contribution in [0.25, 0.3) is 0 Å². The fourth-order valence-corrected chi connectivity index (χ4v) is 4.29. The summed E-state index contributed by atoms with van der Waals surface area (Å²) in [5, 5.41) is 3.93. The highest BCUT2D eigenvalue weighted by Gasteiger charge is 2.36. The van der Waals surface area contributed by atoms with Crippen molar-refractivity contribution in [2.75, 3.05) is 11.5 Å². The van der Waals surface area contributed by atoms with E-state index in [-0.39, 0.29) is 36.3 Å². The number of rotatable bonds is 6. The fourth-order valence-electron chi connectivity index (χ4n) is 2.62. The summed E-state index contributed by atoms with van der Waals surface area (Å²) in [6.45, 7) is 3.78. The van der Waals surface area contributed by atoms with E-state index in [9.17, 15) is 8.42 Å². The van der Waals surface area contributed by atoms with Crippen LogP contribution in [0.2, 0.25) is 0 Å². The van der Waals surface area contributed by atoms with Crippen LogP contribution in [-0.4, -0.2) is 30.1 Å². The Morgan fingerprint density at radius 2 is 1.95 bits per heavy atom. The first-order valence-electron chi connectivity index (χ1n) is 7.13. The first kappa shape index (κ1) is 18.4. The van der Waals surface area contributed by atoms with Gasteiger partial charge in [-0.15, -0.1) is 12.4 Å². The molecule has 2 rings (SSSR count). The summed E-state index contributed by atoms with van der Waals surface area (Å²) >= 11 is 0. The SMILES string of the molecule is CC(C)CS(=O)(=O)CCc1nc(C2(N)CCCC2)no1.Cl. The Labute approximate surface area is 132 Å². The Hall–Kier alpha value is -0.660. The molecule has 2 N–H and O–H groups in total. The standard InChI is InChI=1S/C13H23N3O3S.ClH/c1-10(2)9-20(17,18)8-5-11-15-12(16-19-11)13(14)6-3-4-7-13;/h10H,3-9,14H2,1-2H3;1H. The van der Waals surface area contributed by atoms with Crippen LogP contribution < -0.4 is 5.73 Å². The molecule has 21 heavy (non-hydrogen) atoms. The van der Waals surface area contributed by atoms with Gasteiger partial charge in [-0.2, -0.15) is 4.98 Å². The Bertz CT molecular complexity index is 551. The molecule has 1 aliphatic carbocycles. The van der Waals surface area contributed by atoms with Crippen LogP contribution in [0, 0.1) is 5.92 Å². The highest BCUT2D eigenvalue weighted by atomic mass is 35.5. The number of nitrogens with two attached hydrogens (primary N) is 1. The predicted molar refractivity (Wildman–Crippen MR) is 83.1 cm³/mol. The van der Waals surface area contributed by atoms with Crippen molar-refractivity contribution in [3.05, 3.63) is 11.7 Å². The number of hydrogen-bond acceptors (Lipinski definition) is 6. The van der Waals surface area contributed by atoms with Gasteiger partial charge in [0.05, 0.1) is 17.0 Å². The molecule has 0 aliphatic heterocycles. The van der Waals surface area contributed by atoms with Crippen LogP contribution in [-0.2, 0) is 21.8 Å². The van der Waals surface area contributed by atoms with Gasteiger partial charge >= 0.3 is 0 Å². The van der Waals surface area contributed by atoms with Gasteiger partial charge in [-0.05, 0) is 18.8 Å². The van der Waals surface area contributed by atoms with Crippen molar-refractivity contribution >= 4 is 22.2 Å². The van der Waals surface area contributed by atoms with Crippen LogP contribution in [0.15, 0.2) is 4.52 Å². The van der Waals surface area contributed by atoms with Gasteiger partial charge in [0, 0.05) is 6.42 Å². The fraction of sp³-hybridized carbons (Fsp3) is 0.846. The van der Waals surface area contributed by atoms with E-state index >= 15 is 0 Å². The van der Waals surface area contributed by atoms with Crippen LogP contribution in [0.5, 0.6) is 0 Å². The summed E-state index contributed by atoms with van der Waals surface area (Å²) in [6, 6.07) is 0. The molecule has 8 heteroatoms. The number of halogens is 1. The summed E-state index contributed by atoms with van der Waals surface area (Å²) in [6.07, 6.45) is 4.12. The molecule has 0 aromatic carbocycles. The van der Waals surface area contributed by atoms with Crippen molar-refractivity contribution in [3.8, 4) is 0 Å². The van der Waals surface area contributed by atoms with Gasteiger partial charge in [0.25, 0.3) is 0 Å². The average Bonchev–Trinajstić information content (AvgIpc) is 2.94. The molecular weight excluding hydrogens is 314 g/mol. The van der Waals surface area contributed by atoms with Crippen molar-refractivity contribution in [3.63, 3.8) is 0 Å². The van der Waals surface area contributed by atoms with E-state index in [0.29, 0.717) is 11.7 Å². The minimum Gasteiger partial charge on any atom is -0.339 e. The zero-order chi connectivity index (χ0) is 14.8. The second-order valence-electron chi connectivity index (χ2n) is 6.13. The number of nitrogens with zero attached hydrogens (tertiary/aromatic N) is 2. The predicted octanol–water partition coefficient (Wildman–Crippen LogP) is 1.83. The second-order valence-corrected chi connectivity index (χ2v) is 8.36. The monoisotopic (exact) mass is 337 g/mol. The van der Waals surface area contributed by atoms with E-state index in [4.69, 9.17) is 10.3 Å². The molecular formula is C13H24ClN3O3S. The summed E-state index contributed by atoms with van der Waals surface area (Å²) in [5.41, 5.74) is 5.75. The number of hydrogen-bond donors (Lipinski definition) is 1. The van der Waals surface area contributed by atoms with Crippen molar-refractivity contribution in [1.82, 2.24) is 10.1 Å². The normalized spacial score (nSPS) is 17.9. The van der Waals surface area contributed by atoms with Crippen LogP contribution >= 0.6 is 12.4 Å². The molecule has 0 unspecified atom stereocenters. The van der Waals surface area contributed by atoms with E-state index in [1.807, 2.05) is 13.8 Å². The molecule has 1 fully saturated rings. The summed E-state index contributed by atoms with van der Waals surface area (Å²) in [4.78, 5) is 4.28. The van der Waals surface area contributed by atoms with E-state index in [0.717, 1.165) is 25.7 Å². The topological polar surface area (TPSA) is 99.1 Å². The lowest BCUT2D eigenvalue weighted by atomic mass is 9.99. The zero-order valence-electron chi connectivity index (χ0n) is 12.5. The maximum atomic E-state index is 11.8. The molecule has 0 spiro atoms. The molecule has 0 amide bonds. The Balaban J connectivity index is 0.00000220. The van der Waals surface area contributed by atoms with E-state index in [1.165, 1.54) is 0 Å². The average molecular weight is 338 g/mol. The molecule has 122 valence electrons. The highest BCUT2D eigenvalue weighted by molar-refractivity contribution is 7.91. The van der Waals surface area contributed by atoms with Crippen LogP contribution in [0.3, 0.4) is 0 Å². The van der Waals surface area contributed by atoms with Crippen molar-refractivity contribution in [2.45, 2.75) is 51.5 Å². The molecule has 6 nitrogen and oxygen atoms in total. The van der Waals surface area contributed by atoms with Gasteiger partial charge < -0.3 is 10.3 Å². The highest BCUT2D eigenvalue weighted by Crippen LogP contribution is 2.34. The summed E-state index contributed by atoms with van der Waals surface area (Å²) in [5.74, 6) is 1.25. The van der Waals surface area contributed by atoms with Gasteiger partial charge in [0.2, 0.25) is 5.89 Å². The Kier molecular flexibility index (Phi) is 6.19. The molecule has 0 atom stereocenters. The van der Waals surface area contributed by atoms with Gasteiger partial charge in [0.15, 0.2) is 15.7 Å². The largest absolute Gasteiger partial charge is 0.339 e.